The summed E-state index contributed by atoms with van der Waals surface area (Å²) >= 11 is 0. The lowest BCUT2D eigenvalue weighted by Crippen LogP contribution is -2.16. The first kappa shape index (κ1) is 16.0. The molecule has 0 aromatic rings. The van der Waals surface area contributed by atoms with Crippen molar-refractivity contribution in [3.63, 3.8) is 0 Å². The maximum atomic E-state index is 9.72. The number of aliphatic hydroxyl groups excluding tert-OH is 1. The molecule has 1 unspecified atom stereocenters. The van der Waals surface area contributed by atoms with Crippen molar-refractivity contribution in [3.05, 3.63) is 0 Å². The fourth-order valence-electron chi connectivity index (χ4n) is 2.19. The van der Waals surface area contributed by atoms with E-state index in [0.29, 0.717) is 5.41 Å². The summed E-state index contributed by atoms with van der Waals surface area (Å²) in [5, 5.41) is 9.72. The average molecular weight is 228 g/mol. The number of hydrogen-bond donors (Lipinski definition) is 1. The van der Waals surface area contributed by atoms with E-state index in [0.717, 1.165) is 19.3 Å². The van der Waals surface area contributed by atoms with Gasteiger partial charge in [-0.2, -0.15) is 0 Å². The van der Waals surface area contributed by atoms with E-state index < -0.39 is 0 Å². The minimum atomic E-state index is -0.0695. The number of hydrogen-bond acceptors (Lipinski definition) is 1. The Hall–Kier alpha value is -0.0400. The van der Waals surface area contributed by atoms with Crippen LogP contribution in [0.4, 0.5) is 0 Å². The second-order valence-electron chi connectivity index (χ2n) is 5.96. The van der Waals surface area contributed by atoms with E-state index >= 15 is 0 Å². The molecule has 0 heterocycles. The lowest BCUT2D eigenvalue weighted by atomic mass is 9.81. The minimum Gasteiger partial charge on any atom is -0.393 e. The first-order chi connectivity index (χ1) is 7.52. The Kier molecular flexibility index (Phi) is 9.02. The van der Waals surface area contributed by atoms with Crippen LogP contribution < -0.4 is 0 Å². The van der Waals surface area contributed by atoms with Crippen molar-refractivity contribution >= 4 is 0 Å². The molecule has 1 heteroatoms. The van der Waals surface area contributed by atoms with Gasteiger partial charge in [0.15, 0.2) is 0 Å². The first-order valence-corrected chi connectivity index (χ1v) is 7.20. The van der Waals surface area contributed by atoms with Crippen LogP contribution in [0.2, 0.25) is 0 Å². The van der Waals surface area contributed by atoms with Gasteiger partial charge in [0.1, 0.15) is 0 Å². The molecular formula is C15H32O. The molecule has 1 N–H and O–H groups in total. The lowest BCUT2D eigenvalue weighted by molar-refractivity contribution is 0.129. The van der Waals surface area contributed by atoms with E-state index in [2.05, 4.69) is 27.7 Å². The first-order valence-electron chi connectivity index (χ1n) is 7.20. The SMILES string of the molecule is CCCCCCC(C)(C)CCC(O)CCC. The van der Waals surface area contributed by atoms with Crippen LogP contribution in [0, 0.1) is 5.41 Å². The second-order valence-corrected chi connectivity index (χ2v) is 5.96. The summed E-state index contributed by atoms with van der Waals surface area (Å²) in [6, 6.07) is 0. The molecule has 1 atom stereocenters. The van der Waals surface area contributed by atoms with Crippen molar-refractivity contribution in [2.75, 3.05) is 0 Å². The largest absolute Gasteiger partial charge is 0.393 e. The van der Waals surface area contributed by atoms with E-state index in [1.807, 2.05) is 0 Å². The van der Waals surface area contributed by atoms with Gasteiger partial charge in [-0.05, 0) is 31.1 Å². The zero-order chi connectivity index (χ0) is 12.4. The zero-order valence-corrected chi connectivity index (χ0v) is 11.9. The molecule has 1 nitrogen and oxygen atoms in total. The van der Waals surface area contributed by atoms with Gasteiger partial charge in [-0.3, -0.25) is 0 Å². The standard InChI is InChI=1S/C15H32O/c1-5-7-8-9-12-15(3,4)13-11-14(16)10-6-2/h14,16H,5-13H2,1-4H3. The normalized spacial score (nSPS) is 14.1. The van der Waals surface area contributed by atoms with E-state index in [9.17, 15) is 5.11 Å². The molecule has 16 heavy (non-hydrogen) atoms. The second kappa shape index (κ2) is 9.04. The Morgan fingerprint density at radius 1 is 0.875 bits per heavy atom. The fourth-order valence-corrected chi connectivity index (χ4v) is 2.19. The van der Waals surface area contributed by atoms with Gasteiger partial charge in [0.2, 0.25) is 0 Å². The zero-order valence-electron chi connectivity index (χ0n) is 11.9. The van der Waals surface area contributed by atoms with Crippen LogP contribution >= 0.6 is 0 Å². The molecule has 0 rings (SSSR count). The molecule has 0 aromatic carbocycles. The highest BCUT2D eigenvalue weighted by Gasteiger charge is 2.18. The molecule has 98 valence electrons. The molecule has 0 spiro atoms. The predicted octanol–water partition coefficient (Wildman–Crippen LogP) is 4.92. The molecule has 0 radical (unpaired) electrons. The third-order valence-corrected chi connectivity index (χ3v) is 3.48. The average Bonchev–Trinajstić information content (AvgIpc) is 2.22. The summed E-state index contributed by atoms with van der Waals surface area (Å²) in [6.45, 7) is 9.08. The van der Waals surface area contributed by atoms with Gasteiger partial charge >= 0.3 is 0 Å². The Morgan fingerprint density at radius 2 is 1.56 bits per heavy atom. The summed E-state index contributed by atoms with van der Waals surface area (Å²) in [5.74, 6) is 0. The molecule has 0 fully saturated rings. The quantitative estimate of drug-likeness (QED) is 0.526. The summed E-state index contributed by atoms with van der Waals surface area (Å²) in [5.41, 5.74) is 0.419. The van der Waals surface area contributed by atoms with E-state index in [4.69, 9.17) is 0 Å². The monoisotopic (exact) mass is 228 g/mol. The van der Waals surface area contributed by atoms with Crippen molar-refractivity contribution in [2.24, 2.45) is 5.41 Å². The van der Waals surface area contributed by atoms with Crippen LogP contribution in [0.1, 0.15) is 85.5 Å². The molecule has 0 aromatic heterocycles. The van der Waals surface area contributed by atoms with Gasteiger partial charge in [-0.25, -0.2) is 0 Å². The minimum absolute atomic E-state index is 0.0695. The predicted molar refractivity (Wildman–Crippen MR) is 72.7 cm³/mol. The van der Waals surface area contributed by atoms with Crippen LogP contribution in [0.25, 0.3) is 0 Å². The Bertz CT molecular complexity index is 152. The fraction of sp³-hybridized carbons (Fsp3) is 1.00. The van der Waals surface area contributed by atoms with Gasteiger partial charge in [0, 0.05) is 0 Å². The van der Waals surface area contributed by atoms with Crippen LogP contribution in [-0.4, -0.2) is 11.2 Å². The van der Waals surface area contributed by atoms with Crippen LogP contribution in [0.3, 0.4) is 0 Å². The van der Waals surface area contributed by atoms with Crippen LogP contribution in [0.15, 0.2) is 0 Å². The van der Waals surface area contributed by atoms with Crippen molar-refractivity contribution in [2.45, 2.75) is 91.6 Å². The summed E-state index contributed by atoms with van der Waals surface area (Å²) in [4.78, 5) is 0. The van der Waals surface area contributed by atoms with Gasteiger partial charge in [0.25, 0.3) is 0 Å². The van der Waals surface area contributed by atoms with Gasteiger partial charge < -0.3 is 5.11 Å². The van der Waals surface area contributed by atoms with E-state index in [-0.39, 0.29) is 6.10 Å². The van der Waals surface area contributed by atoms with Crippen molar-refractivity contribution < 1.29 is 5.11 Å². The van der Waals surface area contributed by atoms with Crippen molar-refractivity contribution in [1.82, 2.24) is 0 Å². The molecule has 0 aliphatic rings. The van der Waals surface area contributed by atoms with Gasteiger partial charge in [0.05, 0.1) is 6.10 Å². The number of unbranched alkanes of at least 4 members (excludes halogenated alkanes) is 3. The topological polar surface area (TPSA) is 20.2 Å². The van der Waals surface area contributed by atoms with Crippen LogP contribution in [-0.2, 0) is 0 Å². The molecule has 0 bridgehead atoms. The third kappa shape index (κ3) is 9.21. The summed E-state index contributed by atoms with van der Waals surface area (Å²) < 4.78 is 0. The molecular weight excluding hydrogens is 196 g/mol. The molecule has 0 aliphatic carbocycles. The van der Waals surface area contributed by atoms with Crippen molar-refractivity contribution in [1.29, 1.82) is 0 Å². The van der Waals surface area contributed by atoms with Gasteiger partial charge in [-0.1, -0.05) is 59.8 Å². The summed E-state index contributed by atoms with van der Waals surface area (Å²) in [6.07, 6.45) is 10.9. The molecule has 0 saturated carbocycles. The maximum Gasteiger partial charge on any atom is 0.0540 e. The third-order valence-electron chi connectivity index (χ3n) is 3.48. The lowest BCUT2D eigenvalue weighted by Gasteiger charge is -2.25. The summed E-state index contributed by atoms with van der Waals surface area (Å²) in [7, 11) is 0. The van der Waals surface area contributed by atoms with E-state index in [1.165, 1.54) is 38.5 Å². The Morgan fingerprint density at radius 3 is 2.12 bits per heavy atom. The maximum absolute atomic E-state index is 9.72. The highest BCUT2D eigenvalue weighted by molar-refractivity contribution is 4.70. The number of rotatable bonds is 10. The van der Waals surface area contributed by atoms with Crippen LogP contribution in [0.5, 0.6) is 0 Å². The molecule has 0 saturated heterocycles. The van der Waals surface area contributed by atoms with Crippen molar-refractivity contribution in [3.8, 4) is 0 Å². The number of aliphatic hydroxyl groups is 1. The highest BCUT2D eigenvalue weighted by Crippen LogP contribution is 2.30. The molecule has 0 amide bonds. The smallest absolute Gasteiger partial charge is 0.0540 e. The Labute approximate surface area is 103 Å². The van der Waals surface area contributed by atoms with Gasteiger partial charge in [-0.15, -0.1) is 0 Å². The Balaban J connectivity index is 3.60. The highest BCUT2D eigenvalue weighted by atomic mass is 16.3. The van der Waals surface area contributed by atoms with E-state index in [1.54, 1.807) is 0 Å². The molecule has 0 aliphatic heterocycles.